The normalized spacial score (nSPS) is 13.4. The molecule has 1 N–H and O–H groups in total. The summed E-state index contributed by atoms with van der Waals surface area (Å²) >= 11 is 0. The molecule has 0 fully saturated rings. The molecule has 0 bridgehead atoms. The molecule has 0 saturated heterocycles. The molecule has 0 unspecified atom stereocenters. The van der Waals surface area contributed by atoms with Gasteiger partial charge in [-0.05, 0) is 19.1 Å². The number of rotatable bonds is 3. The monoisotopic (exact) mass is 353 g/mol. The number of phenolic OH excluding ortho intramolecular Hbond substituents is 1. The maximum atomic E-state index is 12.9. The van der Waals surface area contributed by atoms with Gasteiger partial charge in [-0.25, -0.2) is 9.97 Å². The van der Waals surface area contributed by atoms with Gasteiger partial charge in [-0.1, -0.05) is 11.2 Å². The average Bonchev–Trinajstić information content (AvgIpc) is 2.44. The van der Waals surface area contributed by atoms with Crippen LogP contribution >= 0.6 is 0 Å². The minimum atomic E-state index is -4.89. The number of phenols is 1. The van der Waals surface area contributed by atoms with Gasteiger partial charge in [0.05, 0.1) is 10.9 Å². The van der Waals surface area contributed by atoms with Crippen molar-refractivity contribution in [2.45, 2.75) is 19.3 Å². The van der Waals surface area contributed by atoms with Gasteiger partial charge in [-0.15, -0.1) is 0 Å². The van der Waals surface area contributed by atoms with E-state index in [-0.39, 0.29) is 16.6 Å². The number of hydrogen-bond donors (Lipinski definition) is 1. The van der Waals surface area contributed by atoms with Gasteiger partial charge in [-0.3, -0.25) is 0 Å². The lowest BCUT2D eigenvalue weighted by Crippen LogP contribution is -2.17. The lowest BCUT2D eigenvalue weighted by atomic mass is 10.1. The second-order valence-electron chi connectivity index (χ2n) is 4.63. The molecule has 0 spiro atoms. The minimum Gasteiger partial charge on any atom is -0.507 e. The topological polar surface area (TPSA) is 67.6 Å². The van der Waals surface area contributed by atoms with Crippen molar-refractivity contribution in [1.82, 2.24) is 9.97 Å². The zero-order valence-corrected chi connectivity index (χ0v) is 11.9. The molecule has 2 aromatic rings. The first-order valence-electron chi connectivity index (χ1n) is 6.29. The molecule has 1 aromatic heterocycles. The van der Waals surface area contributed by atoms with Crippen LogP contribution in [-0.2, 0) is 11.0 Å². The highest BCUT2D eigenvalue weighted by molar-refractivity contribution is 6.08. The minimum absolute atomic E-state index is 0.178. The van der Waals surface area contributed by atoms with E-state index in [1.54, 1.807) is 0 Å². The fourth-order valence-electron chi connectivity index (χ4n) is 1.80. The Hall–Kier alpha value is -2.59. The summed E-state index contributed by atoms with van der Waals surface area (Å²) in [6, 6.07) is 3.63. The van der Waals surface area contributed by atoms with Gasteiger partial charge in [0.2, 0.25) is 12.4 Å². The smallest absolute Gasteiger partial charge is 0.451 e. The summed E-state index contributed by atoms with van der Waals surface area (Å²) in [4.78, 5) is 10.6. The predicted molar refractivity (Wildman–Crippen MR) is 70.4 cm³/mol. The van der Waals surface area contributed by atoms with Crippen LogP contribution in [0.2, 0.25) is 0 Å². The molecule has 24 heavy (non-hydrogen) atoms. The van der Waals surface area contributed by atoms with Gasteiger partial charge in [0.1, 0.15) is 17.2 Å². The van der Waals surface area contributed by atoms with Crippen molar-refractivity contribution in [2.75, 3.05) is 6.61 Å². The van der Waals surface area contributed by atoms with Crippen molar-refractivity contribution in [3.63, 3.8) is 0 Å². The van der Waals surface area contributed by atoms with E-state index in [1.807, 2.05) is 0 Å². The Morgan fingerprint density at radius 2 is 1.83 bits per heavy atom. The van der Waals surface area contributed by atoms with E-state index in [0.717, 1.165) is 6.92 Å². The molecule has 130 valence electrons. The quantitative estimate of drug-likeness (QED) is 0.520. The fourth-order valence-corrected chi connectivity index (χ4v) is 1.80. The first-order chi connectivity index (χ1) is 11.0. The molecule has 0 aliphatic heterocycles. The zero-order valence-electron chi connectivity index (χ0n) is 11.9. The summed E-state index contributed by atoms with van der Waals surface area (Å²) in [6.45, 7) is -0.615. The van der Waals surface area contributed by atoms with Crippen molar-refractivity contribution in [3.05, 3.63) is 29.7 Å². The van der Waals surface area contributed by atoms with Crippen molar-refractivity contribution in [1.29, 1.82) is 0 Å². The van der Waals surface area contributed by atoms with Crippen molar-refractivity contribution in [3.8, 4) is 5.75 Å². The van der Waals surface area contributed by atoms with E-state index < -0.39 is 36.2 Å². The van der Waals surface area contributed by atoms with Crippen molar-refractivity contribution < 1.29 is 36.3 Å². The Morgan fingerprint density at radius 3 is 2.42 bits per heavy atom. The highest BCUT2D eigenvalue weighted by Gasteiger charge is 2.36. The standard InChI is InChI=1S/C13H9F6N3O2/c1-6(22-24-5-12(14,15)16)10-9-7(3-2-4-8(9)23)20-11(21-10)13(17,18)19/h2-4,23H,5H2,1H3. The Labute approximate surface area is 130 Å². The van der Waals surface area contributed by atoms with Gasteiger partial charge in [-0.2, -0.15) is 26.3 Å². The summed E-state index contributed by atoms with van der Waals surface area (Å²) < 4.78 is 74.7. The third kappa shape index (κ3) is 4.03. The van der Waals surface area contributed by atoms with Gasteiger partial charge >= 0.3 is 12.4 Å². The second-order valence-corrected chi connectivity index (χ2v) is 4.63. The van der Waals surface area contributed by atoms with Gasteiger partial charge < -0.3 is 9.94 Å². The summed E-state index contributed by atoms with van der Waals surface area (Å²) in [5, 5.41) is 12.8. The molecule has 11 heteroatoms. The molecular formula is C13H9F6N3O2. The molecule has 1 heterocycles. The number of aromatic nitrogens is 2. The predicted octanol–water partition coefficient (Wildman–Crippen LogP) is 3.66. The molecule has 0 saturated carbocycles. The van der Waals surface area contributed by atoms with Crippen molar-refractivity contribution in [2.24, 2.45) is 5.16 Å². The molecule has 5 nitrogen and oxygen atoms in total. The number of nitrogens with zero attached hydrogens (tertiary/aromatic N) is 3. The van der Waals surface area contributed by atoms with Crippen LogP contribution in [0.1, 0.15) is 18.4 Å². The van der Waals surface area contributed by atoms with Crippen LogP contribution in [0.3, 0.4) is 0 Å². The zero-order chi connectivity index (χ0) is 18.1. The van der Waals surface area contributed by atoms with E-state index >= 15 is 0 Å². The van der Waals surface area contributed by atoms with Crippen LogP contribution in [-0.4, -0.2) is 33.6 Å². The highest BCUT2D eigenvalue weighted by atomic mass is 19.4. The number of benzene rings is 1. The largest absolute Gasteiger partial charge is 0.507 e. The van der Waals surface area contributed by atoms with Crippen LogP contribution in [0.15, 0.2) is 23.4 Å². The van der Waals surface area contributed by atoms with E-state index in [2.05, 4.69) is 20.0 Å². The van der Waals surface area contributed by atoms with Crippen molar-refractivity contribution >= 4 is 16.6 Å². The number of aromatic hydroxyl groups is 1. The molecule has 0 aliphatic carbocycles. The molecule has 1 aromatic carbocycles. The molecule has 2 rings (SSSR count). The van der Waals surface area contributed by atoms with E-state index in [0.29, 0.717) is 0 Å². The number of oxime groups is 1. The number of halogens is 6. The van der Waals surface area contributed by atoms with Crippen LogP contribution in [0, 0.1) is 0 Å². The lowest BCUT2D eigenvalue weighted by Gasteiger charge is -2.11. The summed E-state index contributed by atoms with van der Waals surface area (Å²) in [7, 11) is 0. The first kappa shape index (κ1) is 17.8. The Balaban J connectivity index is 2.56. The lowest BCUT2D eigenvalue weighted by molar-refractivity contribution is -0.173. The van der Waals surface area contributed by atoms with Gasteiger partial charge in [0.25, 0.3) is 0 Å². The highest BCUT2D eigenvalue weighted by Crippen LogP contribution is 2.32. The first-order valence-corrected chi connectivity index (χ1v) is 6.29. The third-order valence-corrected chi connectivity index (χ3v) is 2.73. The van der Waals surface area contributed by atoms with Crippen LogP contribution in [0.5, 0.6) is 5.75 Å². The second kappa shape index (κ2) is 6.13. The fraction of sp³-hybridized carbons (Fsp3) is 0.308. The average molecular weight is 353 g/mol. The Kier molecular flexibility index (Phi) is 4.54. The van der Waals surface area contributed by atoms with Gasteiger partial charge in [0, 0.05) is 0 Å². The third-order valence-electron chi connectivity index (χ3n) is 2.73. The summed E-state index contributed by atoms with van der Waals surface area (Å²) in [5.74, 6) is -1.96. The molecular weight excluding hydrogens is 344 g/mol. The van der Waals surface area contributed by atoms with Crippen LogP contribution in [0.4, 0.5) is 26.3 Å². The van der Waals surface area contributed by atoms with Crippen LogP contribution in [0.25, 0.3) is 10.9 Å². The van der Waals surface area contributed by atoms with Crippen LogP contribution < -0.4 is 0 Å². The number of alkyl halides is 6. The Morgan fingerprint density at radius 1 is 1.17 bits per heavy atom. The number of hydrogen-bond acceptors (Lipinski definition) is 5. The molecule has 0 atom stereocenters. The van der Waals surface area contributed by atoms with E-state index in [4.69, 9.17) is 0 Å². The summed E-state index contributed by atoms with van der Waals surface area (Å²) in [5.41, 5.74) is -1.09. The SMILES string of the molecule is CC(=NOCC(F)(F)F)c1nc(C(F)(F)F)nc2cccc(O)c12. The van der Waals surface area contributed by atoms with Gasteiger partial charge in [0.15, 0.2) is 0 Å². The Bertz CT molecular complexity index is 786. The number of fused-ring (bicyclic) bond motifs is 1. The molecule has 0 radical (unpaired) electrons. The summed E-state index contributed by atoms with van der Waals surface area (Å²) in [6.07, 6.45) is -9.54. The molecule has 0 aliphatic rings. The maximum Gasteiger partial charge on any atom is 0.451 e. The van der Waals surface area contributed by atoms with E-state index in [9.17, 15) is 31.4 Å². The molecule has 0 amide bonds. The maximum absolute atomic E-state index is 12.9. The van der Waals surface area contributed by atoms with E-state index in [1.165, 1.54) is 18.2 Å².